The highest BCUT2D eigenvalue weighted by Gasteiger charge is 2.27. The van der Waals surface area contributed by atoms with Gasteiger partial charge in [0.25, 0.3) is 0 Å². The first-order valence-electron chi connectivity index (χ1n) is 42.4. The minimum Gasteiger partial charge on any atom is -0.462 e. The molecule has 0 rings (SSSR count). The van der Waals surface area contributed by atoms with Crippen LogP contribution in [0.3, 0.4) is 0 Å². The molecular weight excluding hydrogens is 1210 g/mol. The molecule has 0 aliphatic carbocycles. The zero-order valence-electron chi connectivity index (χ0n) is 64.9. The molecular formula is C86H165NO8P+. The number of phosphoric acid groups is 1. The summed E-state index contributed by atoms with van der Waals surface area (Å²) in [7, 11) is 1.50. The van der Waals surface area contributed by atoms with Gasteiger partial charge in [-0.25, -0.2) is 4.57 Å². The molecule has 0 spiro atoms. The summed E-state index contributed by atoms with van der Waals surface area (Å²) in [4.78, 5) is 36.0. The number of hydrogen-bond donors (Lipinski definition) is 1. The van der Waals surface area contributed by atoms with Gasteiger partial charge < -0.3 is 18.9 Å². The summed E-state index contributed by atoms with van der Waals surface area (Å²) >= 11 is 0. The zero-order valence-corrected chi connectivity index (χ0v) is 65.8. The molecule has 0 aromatic rings. The molecule has 0 aromatic heterocycles. The van der Waals surface area contributed by atoms with E-state index in [4.69, 9.17) is 18.5 Å². The van der Waals surface area contributed by atoms with Crippen LogP contribution in [0.4, 0.5) is 0 Å². The van der Waals surface area contributed by atoms with Crippen LogP contribution < -0.4 is 0 Å². The average Bonchev–Trinajstić information content (AvgIpc) is 1.98. The molecule has 0 heterocycles. The monoisotopic (exact) mass is 1370 g/mol. The molecule has 10 heteroatoms. The Morgan fingerprint density at radius 3 is 0.823 bits per heavy atom. The van der Waals surface area contributed by atoms with Crippen molar-refractivity contribution in [2.45, 2.75) is 444 Å². The van der Waals surface area contributed by atoms with E-state index in [9.17, 15) is 19.0 Å². The smallest absolute Gasteiger partial charge is 0.462 e. The second-order valence-electron chi connectivity index (χ2n) is 30.2. The second-order valence-corrected chi connectivity index (χ2v) is 31.7. The molecule has 0 radical (unpaired) electrons. The van der Waals surface area contributed by atoms with E-state index in [2.05, 4.69) is 62.5 Å². The van der Waals surface area contributed by atoms with Gasteiger partial charge in [-0.2, -0.15) is 0 Å². The molecule has 2 unspecified atom stereocenters. The highest BCUT2D eigenvalue weighted by Crippen LogP contribution is 2.43. The van der Waals surface area contributed by atoms with Gasteiger partial charge in [0.05, 0.1) is 27.7 Å². The van der Waals surface area contributed by atoms with Crippen LogP contribution in [-0.2, 0) is 32.7 Å². The van der Waals surface area contributed by atoms with E-state index in [1.165, 1.54) is 360 Å². The van der Waals surface area contributed by atoms with Crippen LogP contribution >= 0.6 is 7.82 Å². The van der Waals surface area contributed by atoms with Crippen molar-refractivity contribution in [3.63, 3.8) is 0 Å². The molecule has 0 bridgehead atoms. The zero-order chi connectivity index (χ0) is 69.7. The van der Waals surface area contributed by atoms with Gasteiger partial charge in [-0.3, -0.25) is 18.6 Å². The summed E-state index contributed by atoms with van der Waals surface area (Å²) in [5.41, 5.74) is 0. The van der Waals surface area contributed by atoms with Crippen LogP contribution in [0.5, 0.6) is 0 Å². The number of hydrogen-bond acceptors (Lipinski definition) is 7. The van der Waals surface area contributed by atoms with E-state index >= 15 is 0 Å². The van der Waals surface area contributed by atoms with Crippen LogP contribution in [0.2, 0.25) is 0 Å². The van der Waals surface area contributed by atoms with Crippen molar-refractivity contribution >= 4 is 19.8 Å². The van der Waals surface area contributed by atoms with E-state index < -0.39 is 26.5 Å². The topological polar surface area (TPSA) is 108 Å². The molecule has 0 aromatic carbocycles. The minimum atomic E-state index is -4.39. The molecule has 0 saturated carbocycles. The third-order valence-corrected chi connectivity index (χ3v) is 20.3. The molecule has 9 nitrogen and oxygen atoms in total. The highest BCUT2D eigenvalue weighted by molar-refractivity contribution is 7.47. The lowest BCUT2D eigenvalue weighted by Gasteiger charge is -2.24. The van der Waals surface area contributed by atoms with Crippen LogP contribution in [-0.4, -0.2) is 74.9 Å². The van der Waals surface area contributed by atoms with E-state index in [0.717, 1.165) is 44.9 Å². The van der Waals surface area contributed by atoms with Crippen LogP contribution in [0.15, 0.2) is 48.6 Å². The summed E-state index contributed by atoms with van der Waals surface area (Å²) in [5.74, 6) is -0.770. The second kappa shape index (κ2) is 77.1. The van der Waals surface area contributed by atoms with Crippen molar-refractivity contribution < 1.29 is 42.1 Å². The van der Waals surface area contributed by atoms with Gasteiger partial charge in [-0.15, -0.1) is 0 Å². The van der Waals surface area contributed by atoms with Gasteiger partial charge in [0.15, 0.2) is 6.10 Å². The predicted molar refractivity (Wildman–Crippen MR) is 418 cm³/mol. The molecule has 0 amide bonds. The number of quaternary nitrogens is 1. The van der Waals surface area contributed by atoms with Crippen molar-refractivity contribution in [2.24, 2.45) is 0 Å². The molecule has 0 saturated heterocycles. The van der Waals surface area contributed by atoms with Crippen LogP contribution in [0.25, 0.3) is 0 Å². The molecule has 0 aliphatic heterocycles. The van der Waals surface area contributed by atoms with E-state index in [1.807, 2.05) is 21.1 Å². The lowest BCUT2D eigenvalue weighted by molar-refractivity contribution is -0.870. The number of carbonyl (C=O) groups excluding carboxylic acids is 2. The number of ether oxygens (including phenoxy) is 2. The maximum atomic E-state index is 12.9. The number of likely N-dealkylation sites (N-methyl/N-ethyl adjacent to an activating group) is 1. The van der Waals surface area contributed by atoms with Gasteiger partial charge in [0, 0.05) is 12.8 Å². The number of unbranched alkanes of at least 4 members (excludes halogenated alkanes) is 58. The Labute approximate surface area is 598 Å². The van der Waals surface area contributed by atoms with E-state index in [0.29, 0.717) is 23.9 Å². The Balaban J connectivity index is 3.87. The van der Waals surface area contributed by atoms with E-state index in [1.54, 1.807) is 0 Å². The standard InChI is InChI=1S/C86H164NO8P/c1-6-8-10-12-14-16-18-20-22-24-26-28-30-32-34-36-38-40-41-42-43-44-45-47-49-51-53-55-57-59-61-63-65-67-69-71-73-75-77-79-86(89)95-84(83-94-96(90,91)93-81-80-87(3,4)5)82-92-85(88)78-76-74-72-70-68-66-64-62-60-58-56-54-52-50-48-46-39-37-35-33-31-29-27-25-23-21-19-17-15-13-11-9-7-2/h18-21,24-27,84H,6-17,22-23,28-83H2,1-5H3/p+1/b20-18-,21-19-,26-24-,27-25-. The van der Waals surface area contributed by atoms with Gasteiger partial charge in [-0.05, 0) is 77.0 Å². The Hall–Kier alpha value is -2.03. The predicted octanol–water partition coefficient (Wildman–Crippen LogP) is 28.3. The maximum Gasteiger partial charge on any atom is 0.472 e. The van der Waals surface area contributed by atoms with Crippen molar-refractivity contribution in [1.29, 1.82) is 0 Å². The van der Waals surface area contributed by atoms with Gasteiger partial charge in [0.2, 0.25) is 0 Å². The molecule has 1 N–H and O–H groups in total. The van der Waals surface area contributed by atoms with Crippen LogP contribution in [0, 0.1) is 0 Å². The Bertz CT molecular complexity index is 1760. The van der Waals surface area contributed by atoms with Crippen molar-refractivity contribution in [1.82, 2.24) is 0 Å². The first-order chi connectivity index (χ1) is 47.0. The first-order valence-corrected chi connectivity index (χ1v) is 43.9. The Morgan fingerprint density at radius 2 is 0.562 bits per heavy atom. The third kappa shape index (κ3) is 80.9. The fourth-order valence-electron chi connectivity index (χ4n) is 12.8. The van der Waals surface area contributed by atoms with Crippen LogP contribution in [0.1, 0.15) is 438 Å². The average molecular weight is 1370 g/mol. The number of carbonyl (C=O) groups is 2. The number of nitrogens with zero attached hydrogens (tertiary/aromatic N) is 1. The number of phosphoric ester groups is 1. The fourth-order valence-corrected chi connectivity index (χ4v) is 13.6. The molecule has 96 heavy (non-hydrogen) atoms. The van der Waals surface area contributed by atoms with Gasteiger partial charge >= 0.3 is 19.8 Å². The molecule has 566 valence electrons. The van der Waals surface area contributed by atoms with Gasteiger partial charge in [-0.1, -0.05) is 396 Å². The Morgan fingerprint density at radius 1 is 0.323 bits per heavy atom. The normalized spacial score (nSPS) is 13.2. The summed E-state index contributed by atoms with van der Waals surface area (Å²) in [6.45, 7) is 4.49. The summed E-state index contributed by atoms with van der Waals surface area (Å²) < 4.78 is 34.9. The summed E-state index contributed by atoms with van der Waals surface area (Å²) in [5, 5.41) is 0. The van der Waals surface area contributed by atoms with Crippen molar-refractivity contribution in [2.75, 3.05) is 47.5 Å². The van der Waals surface area contributed by atoms with Crippen molar-refractivity contribution in [3.8, 4) is 0 Å². The highest BCUT2D eigenvalue weighted by atomic mass is 31.2. The number of rotatable bonds is 80. The molecule has 0 aliphatic rings. The maximum absolute atomic E-state index is 12.9. The lowest BCUT2D eigenvalue weighted by atomic mass is 10.0. The SMILES string of the molecule is CCCCCCC/C=C\C/C=C\CCCCCCCCCCCCCCCCCCCCCCCCCCCCCC(=O)OC(COC(=O)CCCCCCCCCCCCCCCCCCCCCCC/C=C\C/C=C\CCCCCCC)COP(=O)(O)OCC[N+](C)(C)C. The lowest BCUT2D eigenvalue weighted by Crippen LogP contribution is -2.37. The number of allylic oxidation sites excluding steroid dienone is 8. The fraction of sp³-hybridized carbons (Fsp3) is 0.884. The quantitative estimate of drug-likeness (QED) is 0.0211. The third-order valence-electron chi connectivity index (χ3n) is 19.3. The first kappa shape index (κ1) is 94.0. The van der Waals surface area contributed by atoms with Gasteiger partial charge in [0.1, 0.15) is 19.8 Å². The largest absolute Gasteiger partial charge is 0.472 e. The Kier molecular flexibility index (Phi) is 75.5. The minimum absolute atomic E-state index is 0.0350. The molecule has 2 atom stereocenters. The summed E-state index contributed by atoms with van der Waals surface area (Å²) in [6.07, 6.45) is 103. The number of esters is 2. The van der Waals surface area contributed by atoms with Crippen molar-refractivity contribution in [3.05, 3.63) is 48.6 Å². The molecule has 0 fully saturated rings. The van der Waals surface area contributed by atoms with E-state index in [-0.39, 0.29) is 25.6 Å². The summed E-state index contributed by atoms with van der Waals surface area (Å²) in [6, 6.07) is 0.